The number of hydrogen-bond acceptors (Lipinski definition) is 6. The number of carbonyl (C=O) groups excluding carboxylic acids is 1. The van der Waals surface area contributed by atoms with Crippen molar-refractivity contribution in [1.82, 2.24) is 4.90 Å². The van der Waals surface area contributed by atoms with Gasteiger partial charge in [0.25, 0.3) is 5.69 Å². The van der Waals surface area contributed by atoms with Gasteiger partial charge in [0.2, 0.25) is 5.91 Å². The topological polar surface area (TPSA) is 93.9 Å². The van der Waals surface area contributed by atoms with Crippen LogP contribution in [0.1, 0.15) is 12.5 Å². The molecule has 0 fully saturated rings. The first-order valence-corrected chi connectivity index (χ1v) is 8.33. The second-order valence-corrected chi connectivity index (χ2v) is 6.01. The first-order valence-electron chi connectivity index (χ1n) is 8.33. The van der Waals surface area contributed by atoms with Gasteiger partial charge in [-0.15, -0.1) is 0 Å². The number of rotatable bonds is 8. The molecule has 0 saturated heterocycles. The molecule has 1 amide bonds. The summed E-state index contributed by atoms with van der Waals surface area (Å²) in [7, 11) is 4.92. The molecule has 2 rings (SSSR count). The molecule has 8 nitrogen and oxygen atoms in total. The van der Waals surface area contributed by atoms with Crippen molar-refractivity contribution < 1.29 is 19.2 Å². The van der Waals surface area contributed by atoms with Crippen molar-refractivity contribution in [2.45, 2.75) is 19.5 Å². The predicted molar refractivity (Wildman–Crippen MR) is 102 cm³/mol. The summed E-state index contributed by atoms with van der Waals surface area (Å²) < 4.78 is 10.7. The molecule has 8 heteroatoms. The second-order valence-electron chi connectivity index (χ2n) is 6.01. The lowest BCUT2D eigenvalue weighted by atomic mass is 10.1. The lowest BCUT2D eigenvalue weighted by Gasteiger charge is -2.25. The van der Waals surface area contributed by atoms with Crippen molar-refractivity contribution in [3.05, 3.63) is 58.1 Å². The first kappa shape index (κ1) is 20.2. The Morgan fingerprint density at radius 3 is 2.52 bits per heavy atom. The van der Waals surface area contributed by atoms with Crippen molar-refractivity contribution in [2.24, 2.45) is 0 Å². The van der Waals surface area contributed by atoms with Crippen molar-refractivity contribution in [2.75, 3.05) is 26.6 Å². The number of anilines is 1. The Morgan fingerprint density at radius 2 is 1.89 bits per heavy atom. The molecule has 0 aliphatic heterocycles. The van der Waals surface area contributed by atoms with Gasteiger partial charge >= 0.3 is 0 Å². The third-order valence-corrected chi connectivity index (χ3v) is 4.30. The lowest BCUT2D eigenvalue weighted by molar-refractivity contribution is -0.383. The molecule has 0 aliphatic carbocycles. The number of hydrogen-bond donors (Lipinski definition) is 1. The van der Waals surface area contributed by atoms with Gasteiger partial charge in [-0.2, -0.15) is 0 Å². The van der Waals surface area contributed by atoms with E-state index in [9.17, 15) is 14.9 Å². The van der Waals surface area contributed by atoms with Gasteiger partial charge in [0.1, 0.15) is 5.69 Å². The monoisotopic (exact) mass is 373 g/mol. The lowest BCUT2D eigenvalue weighted by Crippen LogP contribution is -2.39. The molecule has 0 saturated carbocycles. The molecule has 0 radical (unpaired) electrons. The van der Waals surface area contributed by atoms with E-state index in [-0.39, 0.29) is 17.3 Å². The van der Waals surface area contributed by atoms with E-state index in [0.717, 1.165) is 5.56 Å². The molecule has 0 bridgehead atoms. The van der Waals surface area contributed by atoms with Crippen LogP contribution in [0.25, 0.3) is 0 Å². The Hall–Kier alpha value is -3.13. The van der Waals surface area contributed by atoms with Crippen molar-refractivity contribution in [3.8, 4) is 11.5 Å². The highest BCUT2D eigenvalue weighted by molar-refractivity contribution is 5.96. The van der Waals surface area contributed by atoms with Gasteiger partial charge in [-0.05, 0) is 26.1 Å². The Balaban J connectivity index is 2.13. The smallest absolute Gasteiger partial charge is 0.292 e. The maximum absolute atomic E-state index is 12.6. The van der Waals surface area contributed by atoms with E-state index in [1.54, 1.807) is 46.4 Å². The summed E-state index contributed by atoms with van der Waals surface area (Å²) in [5.41, 5.74) is 0.895. The minimum absolute atomic E-state index is 0.143. The number of ether oxygens (including phenoxy) is 2. The van der Waals surface area contributed by atoms with Crippen LogP contribution in [-0.2, 0) is 11.3 Å². The standard InChI is InChI=1S/C19H23N3O5/c1-13(19(23)20-15-9-5-6-10-16(15)22(24)25)21(2)12-14-8-7-11-17(26-3)18(14)27-4/h5-11,13H,12H2,1-4H3,(H,20,23)/t13-/m1/s1. The Kier molecular flexibility index (Phi) is 6.73. The molecule has 1 N–H and O–H groups in total. The van der Waals surface area contributed by atoms with E-state index in [0.29, 0.717) is 18.0 Å². The Labute approximate surface area is 157 Å². The van der Waals surface area contributed by atoms with Gasteiger partial charge in [-0.1, -0.05) is 24.3 Å². The van der Waals surface area contributed by atoms with Crippen LogP contribution in [0.3, 0.4) is 0 Å². The number of nitrogens with one attached hydrogen (secondary N) is 1. The molecule has 0 heterocycles. The molecule has 2 aromatic carbocycles. The van der Waals surface area contributed by atoms with E-state index < -0.39 is 11.0 Å². The molecule has 27 heavy (non-hydrogen) atoms. The fourth-order valence-corrected chi connectivity index (χ4v) is 2.66. The Morgan fingerprint density at radius 1 is 1.19 bits per heavy atom. The molecule has 1 atom stereocenters. The highest BCUT2D eigenvalue weighted by Gasteiger charge is 2.23. The second kappa shape index (κ2) is 9.00. The third-order valence-electron chi connectivity index (χ3n) is 4.30. The number of nitrogens with zero attached hydrogens (tertiary/aromatic N) is 2. The van der Waals surface area contributed by atoms with Crippen LogP contribution in [0.15, 0.2) is 42.5 Å². The maximum atomic E-state index is 12.6. The predicted octanol–water partition coefficient (Wildman–Crippen LogP) is 3.07. The molecular weight excluding hydrogens is 350 g/mol. The van der Waals surface area contributed by atoms with Crippen molar-refractivity contribution >= 4 is 17.3 Å². The fraction of sp³-hybridized carbons (Fsp3) is 0.316. The van der Waals surface area contributed by atoms with Gasteiger partial charge in [0.15, 0.2) is 11.5 Å². The summed E-state index contributed by atoms with van der Waals surface area (Å²) in [6, 6.07) is 11.1. The Bertz CT molecular complexity index is 825. The number of amides is 1. The highest BCUT2D eigenvalue weighted by Crippen LogP contribution is 2.31. The van der Waals surface area contributed by atoms with Crippen LogP contribution < -0.4 is 14.8 Å². The number of benzene rings is 2. The van der Waals surface area contributed by atoms with E-state index in [2.05, 4.69) is 5.32 Å². The van der Waals surface area contributed by atoms with Crippen LogP contribution in [0.4, 0.5) is 11.4 Å². The first-order chi connectivity index (χ1) is 12.9. The third kappa shape index (κ3) is 4.73. The molecule has 0 spiro atoms. The SMILES string of the molecule is COc1cccc(CN(C)[C@H](C)C(=O)Nc2ccccc2[N+](=O)[O-])c1OC. The van der Waals surface area contributed by atoms with Gasteiger partial charge in [-0.3, -0.25) is 19.8 Å². The number of nitro groups is 1. The molecule has 0 aliphatic rings. The average molecular weight is 373 g/mol. The number of likely N-dealkylation sites (N-methyl/N-ethyl adjacent to an activating group) is 1. The van der Waals surface area contributed by atoms with E-state index in [4.69, 9.17) is 9.47 Å². The van der Waals surface area contributed by atoms with Gasteiger partial charge in [-0.25, -0.2) is 0 Å². The van der Waals surface area contributed by atoms with Crippen LogP contribution in [-0.4, -0.2) is 43.0 Å². The molecule has 0 unspecified atom stereocenters. The summed E-state index contributed by atoms with van der Waals surface area (Å²) in [5.74, 6) is 0.882. The van der Waals surface area contributed by atoms with Crippen molar-refractivity contribution in [1.29, 1.82) is 0 Å². The van der Waals surface area contributed by atoms with Crippen LogP contribution in [0.5, 0.6) is 11.5 Å². The summed E-state index contributed by atoms with van der Waals surface area (Å²) in [6.45, 7) is 2.17. The highest BCUT2D eigenvalue weighted by atomic mass is 16.6. The van der Waals surface area contributed by atoms with Gasteiger partial charge in [0, 0.05) is 18.2 Å². The molecular formula is C19H23N3O5. The fourth-order valence-electron chi connectivity index (χ4n) is 2.66. The van der Waals surface area contributed by atoms with Crippen molar-refractivity contribution in [3.63, 3.8) is 0 Å². The molecule has 144 valence electrons. The normalized spacial score (nSPS) is 11.7. The average Bonchev–Trinajstić information content (AvgIpc) is 2.67. The number of carbonyl (C=O) groups is 1. The summed E-state index contributed by atoms with van der Waals surface area (Å²) in [6.07, 6.45) is 0. The molecule has 2 aromatic rings. The maximum Gasteiger partial charge on any atom is 0.292 e. The zero-order valence-electron chi connectivity index (χ0n) is 15.8. The number of para-hydroxylation sites is 3. The quantitative estimate of drug-likeness (QED) is 0.564. The van der Waals surface area contributed by atoms with Crippen LogP contribution >= 0.6 is 0 Å². The van der Waals surface area contributed by atoms with Gasteiger partial charge in [0.05, 0.1) is 25.2 Å². The molecule has 0 aromatic heterocycles. The minimum atomic E-state index is -0.527. The van der Waals surface area contributed by atoms with Crippen LogP contribution in [0, 0.1) is 10.1 Å². The van der Waals surface area contributed by atoms with Crippen LogP contribution in [0.2, 0.25) is 0 Å². The zero-order valence-corrected chi connectivity index (χ0v) is 15.8. The summed E-state index contributed by atoms with van der Waals surface area (Å²) >= 11 is 0. The number of nitro benzene ring substituents is 1. The largest absolute Gasteiger partial charge is 0.493 e. The van der Waals surface area contributed by atoms with Gasteiger partial charge < -0.3 is 14.8 Å². The minimum Gasteiger partial charge on any atom is -0.493 e. The summed E-state index contributed by atoms with van der Waals surface area (Å²) in [4.78, 5) is 25.0. The van der Waals surface area contributed by atoms with E-state index in [1.807, 2.05) is 17.0 Å². The zero-order chi connectivity index (χ0) is 20.0. The number of methoxy groups -OCH3 is 2. The van der Waals surface area contributed by atoms with E-state index >= 15 is 0 Å². The summed E-state index contributed by atoms with van der Waals surface area (Å²) in [5, 5.41) is 13.7. The van der Waals surface area contributed by atoms with E-state index in [1.165, 1.54) is 12.1 Å².